The molecule has 0 N–H and O–H groups in total. The van der Waals surface area contributed by atoms with Gasteiger partial charge in [0.2, 0.25) is 0 Å². The van der Waals surface area contributed by atoms with Crippen molar-refractivity contribution in [3.8, 4) is 5.75 Å². The van der Waals surface area contributed by atoms with E-state index in [-0.39, 0.29) is 5.69 Å². The standard InChI is InChI=1S/C29H51NO12/c1-2-3-4-9-33-10-11-34-12-13-35-14-15-36-16-17-37-18-19-38-20-21-39-22-23-40-24-25-41-26-27-42-29-7-5-28(6-8-29)30(31)32/h5-8H,2-4,9-27H2,1H3. The van der Waals surface area contributed by atoms with Crippen molar-refractivity contribution in [1.29, 1.82) is 0 Å². The lowest BCUT2D eigenvalue weighted by molar-refractivity contribution is -0.384. The molecule has 0 amide bonds. The van der Waals surface area contributed by atoms with Crippen LogP contribution in [-0.4, -0.2) is 130 Å². The zero-order valence-electron chi connectivity index (χ0n) is 25.2. The number of nitrogens with zero attached hydrogens (tertiary/aromatic N) is 1. The van der Waals surface area contributed by atoms with Gasteiger partial charge < -0.3 is 47.4 Å². The molecule has 13 nitrogen and oxygen atoms in total. The highest BCUT2D eigenvalue weighted by Gasteiger charge is 2.04. The number of non-ortho nitro benzene ring substituents is 1. The van der Waals surface area contributed by atoms with E-state index in [1.807, 2.05) is 0 Å². The maximum Gasteiger partial charge on any atom is 0.269 e. The van der Waals surface area contributed by atoms with E-state index in [2.05, 4.69) is 6.92 Å². The van der Waals surface area contributed by atoms with Crippen molar-refractivity contribution in [2.45, 2.75) is 26.2 Å². The number of unbranched alkanes of at least 4 members (excludes halogenated alkanes) is 2. The van der Waals surface area contributed by atoms with Crippen molar-refractivity contribution in [2.24, 2.45) is 0 Å². The summed E-state index contributed by atoms with van der Waals surface area (Å²) in [6.07, 6.45) is 3.53. The molecule has 0 unspecified atom stereocenters. The normalized spacial score (nSPS) is 11.3. The van der Waals surface area contributed by atoms with Crippen LogP contribution in [0.25, 0.3) is 0 Å². The van der Waals surface area contributed by atoms with Crippen LogP contribution in [0.3, 0.4) is 0 Å². The number of rotatable bonds is 33. The van der Waals surface area contributed by atoms with Crippen LogP contribution in [0.15, 0.2) is 24.3 Å². The van der Waals surface area contributed by atoms with Crippen LogP contribution in [0, 0.1) is 10.1 Å². The second-order valence-electron chi connectivity index (χ2n) is 8.82. The number of hydrogen-bond donors (Lipinski definition) is 0. The zero-order valence-corrected chi connectivity index (χ0v) is 25.2. The first-order valence-corrected chi connectivity index (χ1v) is 14.8. The van der Waals surface area contributed by atoms with Gasteiger partial charge in [-0.15, -0.1) is 0 Å². The Morgan fingerprint density at radius 1 is 0.476 bits per heavy atom. The van der Waals surface area contributed by atoms with Gasteiger partial charge in [-0.05, 0) is 18.6 Å². The van der Waals surface area contributed by atoms with Crippen molar-refractivity contribution in [1.82, 2.24) is 0 Å². The highest BCUT2D eigenvalue weighted by molar-refractivity contribution is 5.35. The molecule has 0 saturated carbocycles. The average Bonchev–Trinajstić information content (AvgIpc) is 3.00. The molecule has 0 aromatic heterocycles. The molecule has 0 bridgehead atoms. The summed E-state index contributed by atoms with van der Waals surface area (Å²) >= 11 is 0. The Kier molecular flexibility index (Phi) is 27.7. The topological polar surface area (TPSA) is 135 Å². The van der Waals surface area contributed by atoms with Crippen molar-refractivity contribution >= 4 is 5.69 Å². The Balaban J connectivity index is 1.66. The minimum Gasteiger partial charge on any atom is -0.491 e. The van der Waals surface area contributed by atoms with E-state index in [1.54, 1.807) is 12.1 Å². The van der Waals surface area contributed by atoms with E-state index in [0.717, 1.165) is 13.0 Å². The molecule has 13 heteroatoms. The minimum atomic E-state index is -0.450. The second-order valence-corrected chi connectivity index (χ2v) is 8.82. The first-order chi connectivity index (χ1) is 20.7. The summed E-state index contributed by atoms with van der Waals surface area (Å²) in [7, 11) is 0. The molecular formula is C29H51NO12. The van der Waals surface area contributed by atoms with Crippen LogP contribution in [0.1, 0.15) is 26.2 Å². The molecule has 0 aliphatic carbocycles. The van der Waals surface area contributed by atoms with E-state index < -0.39 is 4.92 Å². The van der Waals surface area contributed by atoms with Crippen molar-refractivity contribution in [2.75, 3.05) is 126 Å². The SMILES string of the molecule is CCCCCOCCOCCOCCOCCOCCOCCOCCOCCOCCOc1ccc([N+](=O)[O-])cc1. The minimum absolute atomic E-state index is 0.0285. The summed E-state index contributed by atoms with van der Waals surface area (Å²) in [6, 6.07) is 5.92. The molecule has 1 aromatic rings. The lowest BCUT2D eigenvalue weighted by atomic mass is 10.3. The van der Waals surface area contributed by atoms with Gasteiger partial charge in [-0.3, -0.25) is 10.1 Å². The molecule has 0 atom stereocenters. The van der Waals surface area contributed by atoms with E-state index in [1.165, 1.54) is 25.0 Å². The third kappa shape index (κ3) is 25.7. The molecule has 0 saturated heterocycles. The number of nitro groups is 1. The highest BCUT2D eigenvalue weighted by Crippen LogP contribution is 2.17. The summed E-state index contributed by atoms with van der Waals surface area (Å²) in [6.45, 7) is 12.0. The third-order valence-electron chi connectivity index (χ3n) is 5.41. The zero-order chi connectivity index (χ0) is 30.2. The van der Waals surface area contributed by atoms with Gasteiger partial charge in [0.1, 0.15) is 12.4 Å². The van der Waals surface area contributed by atoms with E-state index in [4.69, 9.17) is 47.4 Å². The van der Waals surface area contributed by atoms with Crippen LogP contribution in [-0.2, 0) is 42.6 Å². The first kappa shape index (κ1) is 38.1. The van der Waals surface area contributed by atoms with Crippen LogP contribution in [0.4, 0.5) is 5.69 Å². The van der Waals surface area contributed by atoms with Gasteiger partial charge in [-0.2, -0.15) is 0 Å². The summed E-state index contributed by atoms with van der Waals surface area (Å²) in [5.74, 6) is 0.560. The Bertz CT molecular complexity index is 710. The molecule has 42 heavy (non-hydrogen) atoms. The lowest BCUT2D eigenvalue weighted by Gasteiger charge is -2.09. The maximum absolute atomic E-state index is 10.6. The molecule has 244 valence electrons. The Labute approximate surface area is 250 Å². The summed E-state index contributed by atoms with van der Waals surface area (Å²) in [5.41, 5.74) is 0.0285. The quantitative estimate of drug-likeness (QED) is 0.0661. The molecule has 0 aliphatic rings. The Morgan fingerprint density at radius 2 is 0.786 bits per heavy atom. The van der Waals surface area contributed by atoms with E-state index in [0.29, 0.717) is 125 Å². The number of nitro benzene ring substituents is 1. The highest BCUT2D eigenvalue weighted by atomic mass is 16.6. The molecule has 1 aromatic carbocycles. The predicted molar refractivity (Wildman–Crippen MR) is 155 cm³/mol. The fraction of sp³-hybridized carbons (Fsp3) is 0.793. The lowest BCUT2D eigenvalue weighted by Crippen LogP contribution is -2.15. The van der Waals surface area contributed by atoms with Gasteiger partial charge >= 0.3 is 0 Å². The van der Waals surface area contributed by atoms with E-state index in [9.17, 15) is 10.1 Å². The van der Waals surface area contributed by atoms with Crippen LogP contribution >= 0.6 is 0 Å². The molecule has 0 radical (unpaired) electrons. The molecular weight excluding hydrogens is 554 g/mol. The maximum atomic E-state index is 10.6. The summed E-state index contributed by atoms with van der Waals surface area (Å²) in [4.78, 5) is 10.2. The molecule has 0 heterocycles. The fourth-order valence-corrected chi connectivity index (χ4v) is 3.20. The fourth-order valence-electron chi connectivity index (χ4n) is 3.20. The largest absolute Gasteiger partial charge is 0.491 e. The van der Waals surface area contributed by atoms with Gasteiger partial charge in [-0.1, -0.05) is 19.8 Å². The van der Waals surface area contributed by atoms with Crippen LogP contribution < -0.4 is 4.74 Å². The molecule has 0 fully saturated rings. The van der Waals surface area contributed by atoms with Crippen LogP contribution in [0.5, 0.6) is 5.75 Å². The monoisotopic (exact) mass is 605 g/mol. The summed E-state index contributed by atoms with van der Waals surface area (Å²) < 4.78 is 54.5. The summed E-state index contributed by atoms with van der Waals surface area (Å²) in [5, 5.41) is 10.6. The van der Waals surface area contributed by atoms with Gasteiger partial charge in [0, 0.05) is 18.7 Å². The predicted octanol–water partition coefficient (Wildman–Crippen LogP) is 3.31. The van der Waals surface area contributed by atoms with Gasteiger partial charge in [0.05, 0.1) is 117 Å². The second kappa shape index (κ2) is 30.5. The molecule has 0 spiro atoms. The van der Waals surface area contributed by atoms with Gasteiger partial charge in [0.25, 0.3) is 5.69 Å². The molecule has 0 aliphatic heterocycles. The van der Waals surface area contributed by atoms with E-state index >= 15 is 0 Å². The Morgan fingerprint density at radius 3 is 1.10 bits per heavy atom. The van der Waals surface area contributed by atoms with Gasteiger partial charge in [-0.25, -0.2) is 0 Å². The first-order valence-electron chi connectivity index (χ1n) is 14.8. The third-order valence-corrected chi connectivity index (χ3v) is 5.41. The number of hydrogen-bond acceptors (Lipinski definition) is 12. The smallest absolute Gasteiger partial charge is 0.269 e. The molecule has 1 rings (SSSR count). The van der Waals surface area contributed by atoms with Gasteiger partial charge in [0.15, 0.2) is 0 Å². The van der Waals surface area contributed by atoms with Crippen molar-refractivity contribution in [3.05, 3.63) is 34.4 Å². The number of benzene rings is 1. The van der Waals surface area contributed by atoms with Crippen LogP contribution in [0.2, 0.25) is 0 Å². The van der Waals surface area contributed by atoms with Crippen molar-refractivity contribution < 1.29 is 52.3 Å². The number of ether oxygens (including phenoxy) is 10. The Hall–Kier alpha value is -1.94. The average molecular weight is 606 g/mol. The van der Waals surface area contributed by atoms with Crippen molar-refractivity contribution in [3.63, 3.8) is 0 Å².